The largest absolute Gasteiger partial charge is 0.456 e. The van der Waals surface area contributed by atoms with Crippen LogP contribution in [-0.4, -0.2) is 4.98 Å². The number of thiol groups is 1. The van der Waals surface area contributed by atoms with Crippen LogP contribution < -0.4 is 4.74 Å². The number of nitriles is 1. The molecule has 0 spiro atoms. The molecule has 0 amide bonds. The van der Waals surface area contributed by atoms with Crippen LogP contribution in [0.2, 0.25) is 0 Å². The van der Waals surface area contributed by atoms with E-state index >= 15 is 0 Å². The second-order valence-corrected chi connectivity index (χ2v) is 6.89. The van der Waals surface area contributed by atoms with Crippen molar-refractivity contribution in [3.63, 3.8) is 0 Å². The van der Waals surface area contributed by atoms with Crippen molar-refractivity contribution in [2.75, 3.05) is 0 Å². The molecule has 1 N–H and O–H groups in total. The molecule has 0 aliphatic carbocycles. The number of halogens is 3. The summed E-state index contributed by atoms with van der Waals surface area (Å²) in [5.41, 5.74) is 1.07. The van der Waals surface area contributed by atoms with Gasteiger partial charge in [0.05, 0.1) is 22.9 Å². The van der Waals surface area contributed by atoms with Gasteiger partial charge in [0, 0.05) is 21.4 Å². The Hall–Kier alpha value is -3.37. The number of alkyl halides is 3. The van der Waals surface area contributed by atoms with Gasteiger partial charge in [0.25, 0.3) is 0 Å². The van der Waals surface area contributed by atoms with Crippen LogP contribution in [0.4, 0.5) is 13.2 Å². The minimum absolute atomic E-state index is 0.0915. The molecule has 0 fully saturated rings. The summed E-state index contributed by atoms with van der Waals surface area (Å²) in [5.74, 6) is -0.134. The molecule has 4 aromatic rings. The molecule has 0 atom stereocenters. The quantitative estimate of drug-likeness (QED) is 0.365. The number of nitrogens with one attached hydrogen (secondary N) is 1. The van der Waals surface area contributed by atoms with Gasteiger partial charge in [-0.2, -0.15) is 18.4 Å². The lowest BCUT2D eigenvalue weighted by molar-refractivity contribution is -0.138. The Morgan fingerprint density at radius 2 is 1.69 bits per heavy atom. The first kappa shape index (κ1) is 19.0. The van der Waals surface area contributed by atoms with E-state index in [2.05, 4.69) is 17.6 Å². The van der Waals surface area contributed by atoms with Gasteiger partial charge < -0.3 is 9.72 Å². The zero-order valence-electron chi connectivity index (χ0n) is 14.8. The van der Waals surface area contributed by atoms with Crippen molar-refractivity contribution >= 4 is 23.5 Å². The molecule has 0 unspecified atom stereocenters. The van der Waals surface area contributed by atoms with Crippen LogP contribution in [0.25, 0.3) is 22.2 Å². The lowest BCUT2D eigenvalue weighted by atomic mass is 10.1. The minimum Gasteiger partial charge on any atom is -0.456 e. The number of hydrogen-bond acceptors (Lipinski definition) is 3. The molecular weight excluding hydrogens is 397 g/mol. The number of fused-ring (bicyclic) bond motifs is 1. The third-order valence-electron chi connectivity index (χ3n) is 4.42. The standard InChI is InChI=1S/C22H13F3N2OS/c23-22(24,25)17-9-13(12-26)5-7-21(17)28-20-8-6-15(29)11-16(20)19-10-14-3-1-2-4-18(14)27-19/h1-11,27,29H. The predicted molar refractivity (Wildman–Crippen MR) is 107 cm³/mol. The van der Waals surface area contributed by atoms with Crippen LogP contribution in [-0.2, 0) is 6.18 Å². The van der Waals surface area contributed by atoms with Crippen molar-refractivity contribution in [1.29, 1.82) is 5.26 Å². The number of rotatable bonds is 3. The Morgan fingerprint density at radius 1 is 0.931 bits per heavy atom. The van der Waals surface area contributed by atoms with E-state index in [4.69, 9.17) is 10.00 Å². The lowest BCUT2D eigenvalue weighted by Gasteiger charge is -2.16. The number of benzene rings is 3. The van der Waals surface area contributed by atoms with Crippen LogP contribution in [0.1, 0.15) is 11.1 Å². The highest BCUT2D eigenvalue weighted by Crippen LogP contribution is 2.41. The van der Waals surface area contributed by atoms with E-state index in [0.29, 0.717) is 16.2 Å². The molecule has 0 saturated carbocycles. The Balaban J connectivity index is 1.83. The average Bonchev–Trinajstić information content (AvgIpc) is 3.13. The van der Waals surface area contributed by atoms with Crippen LogP contribution in [0.15, 0.2) is 71.6 Å². The Bertz CT molecular complexity index is 1220. The first-order valence-corrected chi connectivity index (χ1v) is 9.00. The maximum atomic E-state index is 13.5. The summed E-state index contributed by atoms with van der Waals surface area (Å²) in [6.45, 7) is 0. The molecule has 0 radical (unpaired) electrons. The smallest absolute Gasteiger partial charge is 0.420 e. The number of H-pyrrole nitrogens is 1. The summed E-state index contributed by atoms with van der Waals surface area (Å²) >= 11 is 4.35. The fourth-order valence-electron chi connectivity index (χ4n) is 3.06. The summed E-state index contributed by atoms with van der Waals surface area (Å²) < 4.78 is 46.1. The zero-order chi connectivity index (χ0) is 20.6. The SMILES string of the molecule is N#Cc1ccc(Oc2ccc(S)cc2-c2cc3ccccc3[nH]2)c(C(F)(F)F)c1. The molecule has 0 aliphatic rings. The maximum absolute atomic E-state index is 13.5. The number of aromatic amines is 1. The fourth-order valence-corrected chi connectivity index (χ4v) is 3.27. The predicted octanol–water partition coefficient (Wildman–Crippen LogP) is 6.81. The van der Waals surface area contributed by atoms with Gasteiger partial charge in [0.2, 0.25) is 0 Å². The summed E-state index contributed by atoms with van der Waals surface area (Å²) in [6.07, 6.45) is -4.66. The van der Waals surface area contributed by atoms with Gasteiger partial charge in [-0.25, -0.2) is 0 Å². The van der Waals surface area contributed by atoms with E-state index in [1.807, 2.05) is 30.3 Å². The van der Waals surface area contributed by atoms with Crippen molar-refractivity contribution in [2.24, 2.45) is 0 Å². The minimum atomic E-state index is -4.66. The first-order valence-electron chi connectivity index (χ1n) is 8.55. The average molecular weight is 410 g/mol. The lowest BCUT2D eigenvalue weighted by Crippen LogP contribution is -2.08. The monoisotopic (exact) mass is 410 g/mol. The molecule has 0 aliphatic heterocycles. The molecular formula is C22H13F3N2OS. The maximum Gasteiger partial charge on any atom is 0.420 e. The van der Waals surface area contributed by atoms with Crippen LogP contribution in [0.3, 0.4) is 0 Å². The van der Waals surface area contributed by atoms with Crippen LogP contribution in [0, 0.1) is 11.3 Å². The van der Waals surface area contributed by atoms with Crippen molar-refractivity contribution < 1.29 is 17.9 Å². The molecule has 0 bridgehead atoms. The highest BCUT2D eigenvalue weighted by molar-refractivity contribution is 7.80. The van der Waals surface area contributed by atoms with Gasteiger partial charge >= 0.3 is 6.18 Å². The molecule has 4 rings (SSSR count). The molecule has 1 aromatic heterocycles. The van der Waals surface area contributed by atoms with Gasteiger partial charge in [-0.1, -0.05) is 18.2 Å². The second-order valence-electron chi connectivity index (χ2n) is 6.37. The van der Waals surface area contributed by atoms with E-state index in [-0.39, 0.29) is 17.1 Å². The van der Waals surface area contributed by atoms with Gasteiger partial charge in [-0.15, -0.1) is 12.6 Å². The van der Waals surface area contributed by atoms with Crippen LogP contribution in [0.5, 0.6) is 11.5 Å². The summed E-state index contributed by atoms with van der Waals surface area (Å²) in [4.78, 5) is 3.89. The number of aromatic nitrogens is 1. The van der Waals surface area contributed by atoms with E-state index < -0.39 is 11.7 Å². The van der Waals surface area contributed by atoms with Gasteiger partial charge in [-0.3, -0.25) is 0 Å². The Kier molecular flexibility index (Phi) is 4.73. The number of para-hydroxylation sites is 1. The molecule has 0 saturated heterocycles. The summed E-state index contributed by atoms with van der Waals surface area (Å²) in [6, 6.07) is 19.4. The highest BCUT2D eigenvalue weighted by atomic mass is 32.1. The first-order chi connectivity index (χ1) is 13.8. The molecule has 144 valence electrons. The normalized spacial score (nSPS) is 11.4. The third-order valence-corrected chi connectivity index (χ3v) is 4.70. The van der Waals surface area contributed by atoms with Crippen molar-refractivity contribution in [2.45, 2.75) is 11.1 Å². The molecule has 7 heteroatoms. The van der Waals surface area contributed by atoms with Gasteiger partial charge in [0.1, 0.15) is 11.5 Å². The van der Waals surface area contributed by atoms with E-state index in [1.54, 1.807) is 24.3 Å². The zero-order valence-corrected chi connectivity index (χ0v) is 15.7. The van der Waals surface area contributed by atoms with Crippen molar-refractivity contribution in [3.8, 4) is 28.8 Å². The number of nitrogens with zero attached hydrogens (tertiary/aromatic N) is 1. The summed E-state index contributed by atoms with van der Waals surface area (Å²) in [5, 5.41) is 9.90. The van der Waals surface area contributed by atoms with Crippen molar-refractivity contribution in [3.05, 3.63) is 77.9 Å². The third kappa shape index (κ3) is 3.80. The number of hydrogen-bond donors (Lipinski definition) is 2. The molecule has 1 heterocycles. The van der Waals surface area contributed by atoms with Gasteiger partial charge in [-0.05, 0) is 48.5 Å². The van der Waals surface area contributed by atoms with E-state index in [9.17, 15) is 13.2 Å². The van der Waals surface area contributed by atoms with Crippen molar-refractivity contribution in [1.82, 2.24) is 4.98 Å². The van der Waals surface area contributed by atoms with E-state index in [1.165, 1.54) is 6.07 Å². The molecule has 29 heavy (non-hydrogen) atoms. The molecule has 3 aromatic carbocycles. The second kappa shape index (κ2) is 7.22. The highest BCUT2D eigenvalue weighted by Gasteiger charge is 2.35. The Morgan fingerprint density at radius 3 is 2.41 bits per heavy atom. The topological polar surface area (TPSA) is 48.8 Å². The molecule has 3 nitrogen and oxygen atoms in total. The van der Waals surface area contributed by atoms with Gasteiger partial charge in [0.15, 0.2) is 0 Å². The fraction of sp³-hybridized carbons (Fsp3) is 0.0455. The Labute approximate surface area is 169 Å². The van der Waals surface area contributed by atoms with Crippen LogP contribution >= 0.6 is 12.6 Å². The van der Waals surface area contributed by atoms with E-state index in [0.717, 1.165) is 23.0 Å². The number of ether oxygens (including phenoxy) is 1. The summed E-state index contributed by atoms with van der Waals surface area (Å²) in [7, 11) is 0.